The summed E-state index contributed by atoms with van der Waals surface area (Å²) in [7, 11) is 0. The summed E-state index contributed by atoms with van der Waals surface area (Å²) in [5.41, 5.74) is 1.76. The minimum atomic E-state index is -0.0634. The third-order valence-corrected chi connectivity index (χ3v) is 3.43. The molecule has 7 heteroatoms. The molecule has 3 aromatic heterocycles. The fourth-order valence-corrected chi connectivity index (χ4v) is 2.25. The van der Waals surface area contributed by atoms with Gasteiger partial charge in [0.05, 0.1) is 18.1 Å². The molecule has 23 heavy (non-hydrogen) atoms. The fourth-order valence-electron chi connectivity index (χ4n) is 2.25. The molecule has 0 aromatic carbocycles. The van der Waals surface area contributed by atoms with Crippen molar-refractivity contribution in [2.75, 3.05) is 5.32 Å². The molecule has 0 atom stereocenters. The second kappa shape index (κ2) is 6.43. The highest BCUT2D eigenvalue weighted by Crippen LogP contribution is 2.11. The number of nitrogens with zero attached hydrogens (tertiary/aromatic N) is 5. The van der Waals surface area contributed by atoms with Gasteiger partial charge in [-0.3, -0.25) is 14.0 Å². The first-order valence-electron chi connectivity index (χ1n) is 7.37. The molecular weight excluding hydrogens is 292 g/mol. The monoisotopic (exact) mass is 310 g/mol. The molecule has 0 saturated heterocycles. The van der Waals surface area contributed by atoms with Crippen LogP contribution < -0.4 is 5.32 Å². The predicted octanol–water partition coefficient (Wildman–Crippen LogP) is 2.11. The number of imidazole rings is 1. The lowest BCUT2D eigenvalue weighted by Crippen LogP contribution is -2.15. The van der Waals surface area contributed by atoms with Crippen molar-refractivity contribution in [3.8, 4) is 5.82 Å². The standard InChI is InChI=1S/C16H18N6O/c1-12-9-19-21(11-12)7-5-16(23)20-14-3-4-15(18-10-14)22-8-6-17-13(22)2/h3-4,6,8-11H,5,7H2,1-2H3,(H,20,23). The Labute approximate surface area is 134 Å². The molecule has 0 aliphatic heterocycles. The van der Waals surface area contributed by atoms with Crippen LogP contribution in [0, 0.1) is 13.8 Å². The van der Waals surface area contributed by atoms with Crippen molar-refractivity contribution in [1.29, 1.82) is 0 Å². The van der Waals surface area contributed by atoms with Gasteiger partial charge in [-0.1, -0.05) is 0 Å². The Morgan fingerprint density at radius 2 is 2.09 bits per heavy atom. The number of pyridine rings is 1. The van der Waals surface area contributed by atoms with E-state index in [9.17, 15) is 4.79 Å². The van der Waals surface area contributed by atoms with Crippen LogP contribution in [-0.2, 0) is 11.3 Å². The Kier molecular flexibility index (Phi) is 4.18. The molecule has 0 bridgehead atoms. The summed E-state index contributed by atoms with van der Waals surface area (Å²) in [4.78, 5) is 20.5. The van der Waals surface area contributed by atoms with Crippen LogP contribution >= 0.6 is 0 Å². The lowest BCUT2D eigenvalue weighted by Gasteiger charge is -2.07. The SMILES string of the molecule is Cc1cnn(CCC(=O)Nc2ccc(-n3ccnc3C)nc2)c1. The van der Waals surface area contributed by atoms with Crippen LogP contribution in [0.2, 0.25) is 0 Å². The van der Waals surface area contributed by atoms with Gasteiger partial charge in [-0.2, -0.15) is 5.10 Å². The Morgan fingerprint density at radius 3 is 2.70 bits per heavy atom. The number of nitrogens with one attached hydrogen (secondary N) is 1. The highest BCUT2D eigenvalue weighted by Gasteiger charge is 2.06. The number of carbonyl (C=O) groups is 1. The molecule has 0 fully saturated rings. The average molecular weight is 310 g/mol. The minimum absolute atomic E-state index is 0.0634. The predicted molar refractivity (Wildman–Crippen MR) is 86.3 cm³/mol. The third kappa shape index (κ3) is 3.63. The van der Waals surface area contributed by atoms with Gasteiger partial charge in [0.15, 0.2) is 0 Å². The van der Waals surface area contributed by atoms with Gasteiger partial charge in [-0.25, -0.2) is 9.97 Å². The second-order valence-corrected chi connectivity index (χ2v) is 5.33. The van der Waals surface area contributed by atoms with Crippen molar-refractivity contribution in [1.82, 2.24) is 24.3 Å². The first-order valence-corrected chi connectivity index (χ1v) is 7.37. The Bertz CT molecular complexity index is 802. The summed E-state index contributed by atoms with van der Waals surface area (Å²) in [6.07, 6.45) is 9.27. The van der Waals surface area contributed by atoms with Crippen LogP contribution in [0.3, 0.4) is 0 Å². The third-order valence-electron chi connectivity index (χ3n) is 3.43. The maximum Gasteiger partial charge on any atom is 0.226 e. The molecule has 0 saturated carbocycles. The maximum absolute atomic E-state index is 12.0. The number of aryl methyl sites for hydroxylation is 3. The van der Waals surface area contributed by atoms with E-state index in [0.29, 0.717) is 18.7 Å². The van der Waals surface area contributed by atoms with Gasteiger partial charge in [-0.05, 0) is 31.5 Å². The molecule has 0 radical (unpaired) electrons. The van der Waals surface area contributed by atoms with E-state index in [-0.39, 0.29) is 5.91 Å². The zero-order valence-corrected chi connectivity index (χ0v) is 13.1. The lowest BCUT2D eigenvalue weighted by atomic mass is 10.3. The van der Waals surface area contributed by atoms with Crippen LogP contribution in [0.5, 0.6) is 0 Å². The largest absolute Gasteiger partial charge is 0.325 e. The lowest BCUT2D eigenvalue weighted by molar-refractivity contribution is -0.116. The Morgan fingerprint density at radius 1 is 1.22 bits per heavy atom. The van der Waals surface area contributed by atoms with Gasteiger partial charge in [0.25, 0.3) is 0 Å². The fraction of sp³-hybridized carbons (Fsp3) is 0.250. The number of rotatable bonds is 5. The smallest absolute Gasteiger partial charge is 0.226 e. The van der Waals surface area contributed by atoms with E-state index in [4.69, 9.17) is 0 Å². The van der Waals surface area contributed by atoms with E-state index >= 15 is 0 Å². The highest BCUT2D eigenvalue weighted by atomic mass is 16.1. The first-order chi connectivity index (χ1) is 11.1. The zero-order chi connectivity index (χ0) is 16.2. The van der Waals surface area contributed by atoms with Crippen molar-refractivity contribution >= 4 is 11.6 Å². The minimum Gasteiger partial charge on any atom is -0.325 e. The van der Waals surface area contributed by atoms with Gasteiger partial charge < -0.3 is 5.32 Å². The first kappa shape index (κ1) is 15.0. The number of hydrogen-bond acceptors (Lipinski definition) is 4. The summed E-state index contributed by atoms with van der Waals surface area (Å²) in [5.74, 6) is 1.57. The van der Waals surface area contributed by atoms with Crippen LogP contribution in [0.4, 0.5) is 5.69 Å². The summed E-state index contributed by atoms with van der Waals surface area (Å²) in [6.45, 7) is 4.44. The molecule has 0 spiro atoms. The molecule has 7 nitrogen and oxygen atoms in total. The Balaban J connectivity index is 1.57. The van der Waals surface area contributed by atoms with E-state index in [1.54, 1.807) is 23.3 Å². The molecule has 3 rings (SSSR count). The van der Waals surface area contributed by atoms with E-state index in [2.05, 4.69) is 20.4 Å². The van der Waals surface area contributed by atoms with Crippen molar-refractivity contribution in [3.63, 3.8) is 0 Å². The number of anilines is 1. The van der Waals surface area contributed by atoms with E-state index < -0.39 is 0 Å². The number of hydrogen-bond donors (Lipinski definition) is 1. The summed E-state index contributed by atoms with van der Waals surface area (Å²) in [6, 6.07) is 3.68. The number of carbonyl (C=O) groups excluding carboxylic acids is 1. The van der Waals surface area contributed by atoms with Crippen molar-refractivity contribution < 1.29 is 4.79 Å². The average Bonchev–Trinajstić information content (AvgIpc) is 3.14. The zero-order valence-electron chi connectivity index (χ0n) is 13.1. The van der Waals surface area contributed by atoms with Crippen molar-refractivity contribution in [3.05, 3.63) is 54.5 Å². The van der Waals surface area contributed by atoms with Crippen LogP contribution in [-0.4, -0.2) is 30.2 Å². The molecule has 3 heterocycles. The Hall–Kier alpha value is -2.96. The summed E-state index contributed by atoms with van der Waals surface area (Å²) in [5, 5.41) is 7.00. The van der Waals surface area contributed by atoms with Gasteiger partial charge >= 0.3 is 0 Å². The van der Waals surface area contributed by atoms with E-state index in [1.165, 1.54) is 0 Å². The van der Waals surface area contributed by atoms with Crippen LogP contribution in [0.1, 0.15) is 17.8 Å². The molecule has 1 N–H and O–H groups in total. The summed E-state index contributed by atoms with van der Waals surface area (Å²) >= 11 is 0. The van der Waals surface area contributed by atoms with E-state index in [1.807, 2.05) is 42.9 Å². The molecule has 0 unspecified atom stereocenters. The quantitative estimate of drug-likeness (QED) is 0.783. The number of amides is 1. The van der Waals surface area contributed by atoms with Gasteiger partial charge in [-0.15, -0.1) is 0 Å². The summed E-state index contributed by atoms with van der Waals surface area (Å²) < 4.78 is 3.64. The number of aromatic nitrogens is 5. The van der Waals surface area contributed by atoms with Gasteiger partial charge in [0, 0.05) is 31.6 Å². The van der Waals surface area contributed by atoms with Crippen molar-refractivity contribution in [2.45, 2.75) is 26.8 Å². The molecular formula is C16H18N6O. The topological polar surface area (TPSA) is 77.6 Å². The molecule has 0 aliphatic rings. The molecule has 0 aliphatic carbocycles. The van der Waals surface area contributed by atoms with Gasteiger partial charge in [0.1, 0.15) is 11.6 Å². The maximum atomic E-state index is 12.0. The second-order valence-electron chi connectivity index (χ2n) is 5.33. The normalized spacial score (nSPS) is 10.7. The van der Waals surface area contributed by atoms with E-state index in [0.717, 1.165) is 17.2 Å². The van der Waals surface area contributed by atoms with Crippen LogP contribution in [0.15, 0.2) is 43.1 Å². The molecule has 3 aromatic rings. The van der Waals surface area contributed by atoms with Crippen LogP contribution in [0.25, 0.3) is 5.82 Å². The highest BCUT2D eigenvalue weighted by molar-refractivity contribution is 5.90. The molecule has 118 valence electrons. The van der Waals surface area contributed by atoms with Crippen molar-refractivity contribution in [2.24, 2.45) is 0 Å². The molecule has 1 amide bonds. The van der Waals surface area contributed by atoms with Gasteiger partial charge in [0.2, 0.25) is 5.91 Å².